The van der Waals surface area contributed by atoms with Gasteiger partial charge < -0.3 is 9.47 Å². The highest BCUT2D eigenvalue weighted by molar-refractivity contribution is 6.04. The van der Waals surface area contributed by atoms with Gasteiger partial charge in [-0.2, -0.15) is 0 Å². The van der Waals surface area contributed by atoms with E-state index >= 15 is 0 Å². The van der Waals surface area contributed by atoms with Crippen molar-refractivity contribution >= 4 is 28.8 Å². The van der Waals surface area contributed by atoms with E-state index < -0.39 is 0 Å². The molecule has 0 spiro atoms. The number of aromatic nitrogens is 3. The van der Waals surface area contributed by atoms with Gasteiger partial charge in [0.15, 0.2) is 0 Å². The Morgan fingerprint density at radius 1 is 1.00 bits per heavy atom. The van der Waals surface area contributed by atoms with Crippen LogP contribution in [0, 0.1) is 26.7 Å². The first kappa shape index (κ1) is 28.0. The van der Waals surface area contributed by atoms with Crippen LogP contribution in [-0.2, 0) is 11.3 Å². The molecule has 1 N–H and O–H groups in total. The van der Waals surface area contributed by atoms with Gasteiger partial charge in [0.25, 0.3) is 5.91 Å². The van der Waals surface area contributed by atoms with Crippen LogP contribution in [0.15, 0.2) is 36.4 Å². The molecule has 2 amide bonds. The number of likely N-dealkylation sites (tertiary alicyclic amines) is 2. The predicted octanol–water partition coefficient (Wildman–Crippen LogP) is 5.58. The molecular weight excluding hydrogens is 500 g/mol. The molecule has 40 heavy (non-hydrogen) atoms. The molecule has 4 heterocycles. The largest absolute Gasteiger partial charge is 0.337 e. The van der Waals surface area contributed by atoms with Crippen molar-refractivity contribution < 1.29 is 9.59 Å². The van der Waals surface area contributed by atoms with Gasteiger partial charge in [-0.05, 0) is 101 Å². The Kier molecular flexibility index (Phi) is 8.35. The number of nitrogens with one attached hydrogen (secondary N) is 1. The standard InChI is InChI=1S/C32H42N6O2/c1-6-9-29(39)37-12-8-7-10-27(20-37)38-30-22(3)14-25(19-36-13-11-21(2)18-36)17-28(30)34-32(38)35-31(40)26-15-23(4)33-24(5)16-26/h6,9,14-17,21,27H,7-8,10-13,18-20H2,1-5H3,(H,34,35,40)/b9-6+/t21-,27+/m0/s1. The Labute approximate surface area is 237 Å². The Morgan fingerprint density at radius 2 is 1.77 bits per heavy atom. The number of benzene rings is 1. The third-order valence-corrected chi connectivity index (χ3v) is 8.15. The summed E-state index contributed by atoms with van der Waals surface area (Å²) in [6.07, 6.45) is 7.55. The van der Waals surface area contributed by atoms with E-state index in [0.717, 1.165) is 79.3 Å². The molecule has 2 aliphatic rings. The lowest BCUT2D eigenvalue weighted by atomic mass is 10.1. The van der Waals surface area contributed by atoms with E-state index in [-0.39, 0.29) is 17.9 Å². The molecule has 8 nitrogen and oxygen atoms in total. The van der Waals surface area contributed by atoms with Crippen molar-refractivity contribution in [2.24, 2.45) is 5.92 Å². The number of hydrogen-bond donors (Lipinski definition) is 1. The van der Waals surface area contributed by atoms with Gasteiger partial charge in [0.05, 0.1) is 17.1 Å². The number of rotatable bonds is 6. The zero-order valence-corrected chi connectivity index (χ0v) is 24.5. The van der Waals surface area contributed by atoms with Crippen LogP contribution >= 0.6 is 0 Å². The molecule has 0 aliphatic carbocycles. The maximum absolute atomic E-state index is 13.5. The minimum absolute atomic E-state index is 0.00176. The number of nitrogens with zero attached hydrogens (tertiary/aromatic N) is 5. The van der Waals surface area contributed by atoms with Crippen molar-refractivity contribution in [1.82, 2.24) is 24.3 Å². The number of carbonyl (C=O) groups is 2. The average Bonchev–Trinajstić information content (AvgIpc) is 3.36. The highest BCUT2D eigenvalue weighted by Crippen LogP contribution is 2.33. The van der Waals surface area contributed by atoms with Crippen molar-refractivity contribution in [3.63, 3.8) is 0 Å². The Morgan fingerprint density at radius 3 is 2.48 bits per heavy atom. The maximum atomic E-state index is 13.5. The molecule has 0 unspecified atom stereocenters. The molecule has 3 aromatic rings. The van der Waals surface area contributed by atoms with Crippen molar-refractivity contribution in [3.8, 4) is 0 Å². The Balaban J connectivity index is 1.55. The summed E-state index contributed by atoms with van der Waals surface area (Å²) in [7, 11) is 0. The van der Waals surface area contributed by atoms with E-state index in [9.17, 15) is 9.59 Å². The maximum Gasteiger partial charge on any atom is 0.258 e. The monoisotopic (exact) mass is 542 g/mol. The van der Waals surface area contributed by atoms with Crippen molar-refractivity contribution in [3.05, 3.63) is 64.5 Å². The van der Waals surface area contributed by atoms with E-state index in [1.165, 1.54) is 12.0 Å². The molecule has 2 aliphatic heterocycles. The highest BCUT2D eigenvalue weighted by atomic mass is 16.2. The molecular formula is C32H42N6O2. The topological polar surface area (TPSA) is 83.4 Å². The highest BCUT2D eigenvalue weighted by Gasteiger charge is 2.28. The molecule has 0 radical (unpaired) electrons. The molecule has 5 rings (SSSR count). The molecule has 2 aromatic heterocycles. The summed E-state index contributed by atoms with van der Waals surface area (Å²) < 4.78 is 2.19. The van der Waals surface area contributed by atoms with Gasteiger partial charge in [0.1, 0.15) is 0 Å². The van der Waals surface area contributed by atoms with Crippen LogP contribution in [0.2, 0.25) is 0 Å². The van der Waals surface area contributed by atoms with Crippen molar-refractivity contribution in [2.45, 2.75) is 72.9 Å². The van der Waals surface area contributed by atoms with E-state index in [4.69, 9.17) is 4.98 Å². The van der Waals surface area contributed by atoms with E-state index in [2.05, 4.69) is 45.7 Å². The number of amides is 2. The number of hydrogen-bond acceptors (Lipinski definition) is 5. The number of fused-ring (bicyclic) bond motifs is 1. The van der Waals surface area contributed by atoms with E-state index in [1.54, 1.807) is 24.3 Å². The summed E-state index contributed by atoms with van der Waals surface area (Å²) in [6.45, 7) is 14.6. The zero-order chi connectivity index (χ0) is 28.4. The molecule has 2 fully saturated rings. The second-order valence-corrected chi connectivity index (χ2v) is 11.7. The fraction of sp³-hybridized carbons (Fsp3) is 0.500. The van der Waals surface area contributed by atoms with E-state index in [1.807, 2.05) is 25.7 Å². The minimum Gasteiger partial charge on any atom is -0.337 e. The lowest BCUT2D eigenvalue weighted by Crippen LogP contribution is -2.34. The second kappa shape index (κ2) is 11.9. The van der Waals surface area contributed by atoms with Gasteiger partial charge in [-0.15, -0.1) is 0 Å². The number of aryl methyl sites for hydroxylation is 3. The quantitative estimate of drug-likeness (QED) is 0.411. The van der Waals surface area contributed by atoms with Crippen LogP contribution in [-0.4, -0.2) is 62.3 Å². The smallest absolute Gasteiger partial charge is 0.258 e. The van der Waals surface area contributed by atoms with Gasteiger partial charge in [0, 0.05) is 43.1 Å². The molecule has 212 valence electrons. The summed E-state index contributed by atoms with van der Waals surface area (Å²) in [5.74, 6) is 1.10. The number of imidazole rings is 1. The van der Waals surface area contributed by atoms with Gasteiger partial charge >= 0.3 is 0 Å². The molecule has 2 saturated heterocycles. The molecule has 2 atom stereocenters. The van der Waals surface area contributed by atoms with Gasteiger partial charge in [-0.1, -0.05) is 19.1 Å². The molecule has 1 aromatic carbocycles. The average molecular weight is 543 g/mol. The fourth-order valence-corrected chi connectivity index (χ4v) is 6.39. The number of carbonyl (C=O) groups excluding carboxylic acids is 2. The summed E-state index contributed by atoms with van der Waals surface area (Å²) in [5.41, 5.74) is 6.47. The summed E-state index contributed by atoms with van der Waals surface area (Å²) in [5, 5.41) is 3.14. The van der Waals surface area contributed by atoms with Crippen LogP contribution in [0.4, 0.5) is 5.95 Å². The summed E-state index contributed by atoms with van der Waals surface area (Å²) in [4.78, 5) is 40.3. The first-order chi connectivity index (χ1) is 19.2. The lowest BCUT2D eigenvalue weighted by molar-refractivity contribution is -0.126. The third kappa shape index (κ3) is 6.12. The normalized spacial score (nSPS) is 20.4. The van der Waals surface area contributed by atoms with Crippen LogP contribution in [0.3, 0.4) is 0 Å². The van der Waals surface area contributed by atoms with Gasteiger partial charge in [0.2, 0.25) is 11.9 Å². The molecule has 0 bridgehead atoms. The molecule has 0 saturated carbocycles. The van der Waals surface area contributed by atoms with Gasteiger partial charge in [-0.25, -0.2) is 4.98 Å². The SMILES string of the molecule is C/C=C/C(=O)N1CCCC[C@@H](n2c(NC(=O)c3cc(C)nc(C)c3)nc3cc(CN4CC[C@H](C)C4)cc(C)c32)C1. The minimum atomic E-state index is -0.204. The predicted molar refractivity (Wildman–Crippen MR) is 159 cm³/mol. The Bertz CT molecular complexity index is 1420. The number of anilines is 1. The summed E-state index contributed by atoms with van der Waals surface area (Å²) in [6, 6.07) is 8.06. The number of pyridine rings is 1. The summed E-state index contributed by atoms with van der Waals surface area (Å²) >= 11 is 0. The van der Waals surface area contributed by atoms with Crippen LogP contribution < -0.4 is 5.32 Å². The van der Waals surface area contributed by atoms with Crippen LogP contribution in [0.1, 0.15) is 78.4 Å². The Hall–Kier alpha value is -3.52. The van der Waals surface area contributed by atoms with Crippen LogP contribution in [0.25, 0.3) is 11.0 Å². The molecule has 8 heteroatoms. The van der Waals surface area contributed by atoms with Gasteiger partial charge in [-0.3, -0.25) is 24.8 Å². The fourth-order valence-electron chi connectivity index (χ4n) is 6.39. The third-order valence-electron chi connectivity index (χ3n) is 8.15. The zero-order valence-electron chi connectivity index (χ0n) is 24.5. The van der Waals surface area contributed by atoms with Crippen molar-refractivity contribution in [2.75, 3.05) is 31.5 Å². The van der Waals surface area contributed by atoms with Crippen molar-refractivity contribution in [1.29, 1.82) is 0 Å². The first-order valence-electron chi connectivity index (χ1n) is 14.6. The lowest BCUT2D eigenvalue weighted by Gasteiger charge is -2.26. The first-order valence-corrected chi connectivity index (χ1v) is 14.6. The second-order valence-electron chi connectivity index (χ2n) is 11.7. The van der Waals surface area contributed by atoms with E-state index in [0.29, 0.717) is 18.1 Å². The number of allylic oxidation sites excluding steroid dienone is 1. The van der Waals surface area contributed by atoms with Crippen LogP contribution in [0.5, 0.6) is 0 Å².